The minimum absolute atomic E-state index is 0.0875. The van der Waals surface area contributed by atoms with Gasteiger partial charge in [-0.05, 0) is 60.5 Å². The van der Waals surface area contributed by atoms with Gasteiger partial charge in [0.25, 0.3) is 0 Å². The maximum atomic E-state index is 6.15. The summed E-state index contributed by atoms with van der Waals surface area (Å²) in [6, 6.07) is 10.7. The summed E-state index contributed by atoms with van der Waals surface area (Å²) in [7, 11) is 0. The van der Waals surface area contributed by atoms with Gasteiger partial charge in [0, 0.05) is 11.3 Å². The number of thiophene rings is 1. The number of fused-ring (bicyclic) bond motifs is 1. The van der Waals surface area contributed by atoms with Gasteiger partial charge in [-0.25, -0.2) is 0 Å². The lowest BCUT2D eigenvalue weighted by Gasteiger charge is -2.18. The van der Waals surface area contributed by atoms with Crippen molar-refractivity contribution in [2.24, 2.45) is 5.73 Å². The summed E-state index contributed by atoms with van der Waals surface area (Å²) in [6.45, 7) is 0.646. The molecule has 0 saturated heterocycles. The third-order valence-corrected chi connectivity index (χ3v) is 4.60. The first-order chi connectivity index (χ1) is 9.36. The van der Waals surface area contributed by atoms with Crippen LogP contribution in [-0.4, -0.2) is 6.54 Å². The van der Waals surface area contributed by atoms with Crippen molar-refractivity contribution in [2.75, 3.05) is 6.54 Å². The van der Waals surface area contributed by atoms with Crippen molar-refractivity contribution < 1.29 is 4.74 Å². The lowest BCUT2D eigenvalue weighted by Crippen LogP contribution is -2.12. The third-order valence-electron chi connectivity index (χ3n) is 3.64. The van der Waals surface area contributed by atoms with Crippen molar-refractivity contribution in [3.63, 3.8) is 0 Å². The molecule has 0 fully saturated rings. The maximum absolute atomic E-state index is 6.15. The fourth-order valence-corrected chi connectivity index (χ4v) is 3.46. The second-order valence-electron chi connectivity index (χ2n) is 4.98. The van der Waals surface area contributed by atoms with Crippen molar-refractivity contribution in [1.29, 1.82) is 0 Å². The van der Waals surface area contributed by atoms with Crippen LogP contribution in [0.15, 0.2) is 35.7 Å². The molecular weight excluding hydrogens is 254 g/mol. The summed E-state index contributed by atoms with van der Waals surface area (Å²) in [4.78, 5) is 1.26. The van der Waals surface area contributed by atoms with E-state index in [9.17, 15) is 0 Å². The molecule has 100 valence electrons. The molecule has 0 spiro atoms. The van der Waals surface area contributed by atoms with E-state index < -0.39 is 0 Å². The molecular formula is C16H19NOS. The Balaban J connectivity index is 1.78. The van der Waals surface area contributed by atoms with E-state index in [1.54, 1.807) is 11.3 Å². The molecule has 2 N–H and O–H groups in total. The van der Waals surface area contributed by atoms with Crippen LogP contribution in [0.2, 0.25) is 0 Å². The number of hydrogen-bond donors (Lipinski definition) is 1. The zero-order valence-electron chi connectivity index (χ0n) is 11.0. The smallest absolute Gasteiger partial charge is 0.134 e. The monoisotopic (exact) mass is 273 g/mol. The lowest BCUT2D eigenvalue weighted by molar-refractivity contribution is 0.201. The Morgan fingerprint density at radius 1 is 1.21 bits per heavy atom. The lowest BCUT2D eigenvalue weighted by atomic mass is 10.1. The van der Waals surface area contributed by atoms with Crippen LogP contribution in [0.5, 0.6) is 5.75 Å². The average Bonchev–Trinajstić information content (AvgIpc) is 3.09. The Morgan fingerprint density at radius 2 is 2.11 bits per heavy atom. The van der Waals surface area contributed by atoms with Gasteiger partial charge in [-0.3, -0.25) is 0 Å². The second-order valence-corrected chi connectivity index (χ2v) is 5.96. The van der Waals surface area contributed by atoms with Gasteiger partial charge < -0.3 is 10.5 Å². The molecule has 1 heterocycles. The van der Waals surface area contributed by atoms with Gasteiger partial charge in [0.05, 0.1) is 0 Å². The fourth-order valence-electron chi connectivity index (χ4n) is 2.67. The molecule has 0 radical (unpaired) electrons. The molecule has 19 heavy (non-hydrogen) atoms. The number of benzene rings is 1. The molecule has 0 saturated carbocycles. The molecule has 0 bridgehead atoms. The Morgan fingerprint density at radius 3 is 2.89 bits per heavy atom. The van der Waals surface area contributed by atoms with Gasteiger partial charge >= 0.3 is 0 Å². The first kappa shape index (κ1) is 12.7. The highest BCUT2D eigenvalue weighted by molar-refractivity contribution is 7.10. The number of nitrogens with two attached hydrogens (primary N) is 1. The largest absolute Gasteiger partial charge is 0.485 e. The molecule has 1 unspecified atom stereocenters. The molecule has 1 aromatic carbocycles. The van der Waals surface area contributed by atoms with Gasteiger partial charge in [0.2, 0.25) is 0 Å². The first-order valence-corrected chi connectivity index (χ1v) is 7.76. The van der Waals surface area contributed by atoms with E-state index in [0.717, 1.165) is 12.2 Å². The fraction of sp³-hybridized carbons (Fsp3) is 0.375. The average molecular weight is 273 g/mol. The van der Waals surface area contributed by atoms with Crippen molar-refractivity contribution in [1.82, 2.24) is 0 Å². The molecule has 2 nitrogen and oxygen atoms in total. The van der Waals surface area contributed by atoms with E-state index >= 15 is 0 Å². The zero-order chi connectivity index (χ0) is 13.1. The van der Waals surface area contributed by atoms with Crippen LogP contribution in [-0.2, 0) is 12.8 Å². The normalized spacial score (nSPS) is 15.2. The molecule has 0 aliphatic heterocycles. The molecule has 1 atom stereocenters. The van der Waals surface area contributed by atoms with E-state index in [2.05, 4.69) is 35.7 Å². The predicted molar refractivity (Wildman–Crippen MR) is 79.8 cm³/mol. The molecule has 3 rings (SSSR count). The first-order valence-electron chi connectivity index (χ1n) is 6.89. The van der Waals surface area contributed by atoms with E-state index in [4.69, 9.17) is 10.5 Å². The molecule has 1 aromatic heterocycles. The quantitative estimate of drug-likeness (QED) is 0.901. The Labute approximate surface area is 118 Å². The highest BCUT2D eigenvalue weighted by Gasteiger charge is 2.16. The molecule has 1 aliphatic carbocycles. The van der Waals surface area contributed by atoms with Gasteiger partial charge in [-0.1, -0.05) is 12.1 Å². The SMILES string of the molecule is NCCC(Oc1ccc2c(c1)CCC2)c1cccs1. The van der Waals surface area contributed by atoms with Crippen molar-refractivity contribution >= 4 is 11.3 Å². The number of rotatable bonds is 5. The summed E-state index contributed by atoms with van der Waals surface area (Å²) in [5, 5.41) is 2.09. The molecule has 2 aromatic rings. The van der Waals surface area contributed by atoms with E-state index in [-0.39, 0.29) is 6.10 Å². The molecule has 3 heteroatoms. The third kappa shape index (κ3) is 2.82. The minimum atomic E-state index is 0.0875. The van der Waals surface area contributed by atoms with Crippen LogP contribution >= 0.6 is 11.3 Å². The van der Waals surface area contributed by atoms with Crippen LogP contribution in [0.3, 0.4) is 0 Å². The highest BCUT2D eigenvalue weighted by Crippen LogP contribution is 2.31. The second kappa shape index (κ2) is 5.76. The summed E-state index contributed by atoms with van der Waals surface area (Å²) in [5.41, 5.74) is 8.64. The van der Waals surface area contributed by atoms with Crippen molar-refractivity contribution in [2.45, 2.75) is 31.8 Å². The molecule has 1 aliphatic rings. The predicted octanol–water partition coefficient (Wildman–Crippen LogP) is 3.71. The standard InChI is InChI=1S/C16H19NOS/c17-9-8-15(16-5-2-10-19-16)18-14-7-6-12-3-1-4-13(12)11-14/h2,5-7,10-11,15H,1,3-4,8-9,17H2. The van der Waals surface area contributed by atoms with E-state index in [1.807, 2.05) is 0 Å². The highest BCUT2D eigenvalue weighted by atomic mass is 32.1. The Hall–Kier alpha value is -1.32. The summed E-state index contributed by atoms with van der Waals surface area (Å²) in [6.07, 6.45) is 4.62. The zero-order valence-corrected chi connectivity index (χ0v) is 11.8. The van der Waals surface area contributed by atoms with Gasteiger partial charge in [0.1, 0.15) is 11.9 Å². The maximum Gasteiger partial charge on any atom is 0.134 e. The van der Waals surface area contributed by atoms with Crippen LogP contribution in [0.4, 0.5) is 0 Å². The summed E-state index contributed by atoms with van der Waals surface area (Å²) < 4.78 is 6.15. The Kier molecular flexibility index (Phi) is 3.85. The van der Waals surface area contributed by atoms with Crippen molar-refractivity contribution in [3.05, 3.63) is 51.7 Å². The van der Waals surface area contributed by atoms with E-state index in [1.165, 1.54) is 35.3 Å². The Bertz CT molecular complexity index is 536. The van der Waals surface area contributed by atoms with Gasteiger partial charge in [0.15, 0.2) is 0 Å². The van der Waals surface area contributed by atoms with Crippen LogP contribution in [0.25, 0.3) is 0 Å². The van der Waals surface area contributed by atoms with Gasteiger partial charge in [-0.2, -0.15) is 0 Å². The molecule has 0 amide bonds. The summed E-state index contributed by atoms with van der Waals surface area (Å²) >= 11 is 1.74. The van der Waals surface area contributed by atoms with Crippen LogP contribution in [0, 0.1) is 0 Å². The number of hydrogen-bond acceptors (Lipinski definition) is 3. The number of aryl methyl sites for hydroxylation is 2. The van der Waals surface area contributed by atoms with Crippen molar-refractivity contribution in [3.8, 4) is 5.75 Å². The van der Waals surface area contributed by atoms with Crippen LogP contribution in [0.1, 0.15) is 34.9 Å². The number of ether oxygens (including phenoxy) is 1. The summed E-state index contributed by atoms with van der Waals surface area (Å²) in [5.74, 6) is 0.979. The van der Waals surface area contributed by atoms with E-state index in [0.29, 0.717) is 6.54 Å². The van der Waals surface area contributed by atoms with Crippen LogP contribution < -0.4 is 10.5 Å². The van der Waals surface area contributed by atoms with Gasteiger partial charge in [-0.15, -0.1) is 11.3 Å². The minimum Gasteiger partial charge on any atom is -0.485 e. The topological polar surface area (TPSA) is 35.2 Å².